The third-order valence-corrected chi connectivity index (χ3v) is 2.53. The Kier molecular flexibility index (Phi) is 4.82. The van der Waals surface area contributed by atoms with Gasteiger partial charge >= 0.3 is 0 Å². The van der Waals surface area contributed by atoms with E-state index >= 15 is 0 Å². The van der Waals surface area contributed by atoms with Crippen molar-refractivity contribution >= 4 is 11.6 Å². The van der Waals surface area contributed by atoms with E-state index in [1.165, 1.54) is 0 Å². The van der Waals surface area contributed by atoms with Crippen molar-refractivity contribution in [1.82, 2.24) is 4.90 Å². The fraction of sp³-hybridized carbons (Fsp3) is 0.462. The lowest BCUT2D eigenvalue weighted by Crippen LogP contribution is -2.39. The van der Waals surface area contributed by atoms with Crippen LogP contribution in [0, 0.1) is 0 Å². The summed E-state index contributed by atoms with van der Waals surface area (Å²) in [5.41, 5.74) is 6.24. The number of anilines is 1. The summed E-state index contributed by atoms with van der Waals surface area (Å²) in [7, 11) is 0. The molecule has 17 heavy (non-hydrogen) atoms. The molecule has 0 heterocycles. The van der Waals surface area contributed by atoms with Crippen LogP contribution < -0.4 is 10.5 Å². The van der Waals surface area contributed by atoms with Crippen LogP contribution in [-0.2, 0) is 4.79 Å². The van der Waals surface area contributed by atoms with Gasteiger partial charge in [-0.05, 0) is 45.0 Å². The third-order valence-electron chi connectivity index (χ3n) is 2.53. The van der Waals surface area contributed by atoms with E-state index in [4.69, 9.17) is 10.5 Å². The molecule has 1 rings (SSSR count). The van der Waals surface area contributed by atoms with Gasteiger partial charge in [0.15, 0.2) is 6.61 Å². The summed E-state index contributed by atoms with van der Waals surface area (Å²) < 4.78 is 5.41. The maximum atomic E-state index is 11.8. The first-order valence-corrected chi connectivity index (χ1v) is 5.82. The van der Waals surface area contributed by atoms with Crippen molar-refractivity contribution in [3.63, 3.8) is 0 Å². The van der Waals surface area contributed by atoms with E-state index in [0.717, 1.165) is 0 Å². The minimum Gasteiger partial charge on any atom is -0.484 e. The Morgan fingerprint density at radius 3 is 2.41 bits per heavy atom. The van der Waals surface area contributed by atoms with Gasteiger partial charge in [0.2, 0.25) is 0 Å². The van der Waals surface area contributed by atoms with Crippen LogP contribution in [0.5, 0.6) is 5.75 Å². The minimum atomic E-state index is -0.000625. The second-order valence-corrected chi connectivity index (χ2v) is 4.13. The molecule has 0 aromatic heterocycles. The summed E-state index contributed by atoms with van der Waals surface area (Å²) in [6.45, 7) is 6.70. The van der Waals surface area contributed by atoms with Gasteiger partial charge in [0.25, 0.3) is 5.91 Å². The van der Waals surface area contributed by atoms with Crippen LogP contribution in [0.2, 0.25) is 0 Å². The quantitative estimate of drug-likeness (QED) is 0.794. The molecule has 0 saturated heterocycles. The summed E-state index contributed by atoms with van der Waals surface area (Å²) in [6.07, 6.45) is 0. The van der Waals surface area contributed by atoms with Crippen molar-refractivity contribution in [2.45, 2.75) is 26.8 Å². The monoisotopic (exact) mass is 236 g/mol. The van der Waals surface area contributed by atoms with Crippen molar-refractivity contribution in [2.75, 3.05) is 18.9 Å². The molecule has 0 bridgehead atoms. The van der Waals surface area contributed by atoms with Crippen molar-refractivity contribution in [3.8, 4) is 5.75 Å². The fourth-order valence-electron chi connectivity index (χ4n) is 1.62. The first kappa shape index (κ1) is 13.4. The molecule has 0 spiro atoms. The molecule has 0 saturated carbocycles. The van der Waals surface area contributed by atoms with Gasteiger partial charge in [0.1, 0.15) is 5.75 Å². The van der Waals surface area contributed by atoms with Crippen molar-refractivity contribution < 1.29 is 9.53 Å². The lowest BCUT2D eigenvalue weighted by molar-refractivity contribution is -0.134. The number of carbonyl (C=O) groups is 1. The molecule has 0 atom stereocenters. The second kappa shape index (κ2) is 6.13. The Bertz CT molecular complexity index is 360. The number of likely N-dealkylation sites (N-methyl/N-ethyl adjacent to an activating group) is 1. The highest BCUT2D eigenvalue weighted by atomic mass is 16.5. The largest absolute Gasteiger partial charge is 0.484 e. The predicted molar refractivity (Wildman–Crippen MR) is 68.9 cm³/mol. The second-order valence-electron chi connectivity index (χ2n) is 4.13. The standard InChI is InChI=1S/C13H20N2O2/c1-4-15(10(2)3)13(16)9-17-12-7-5-11(14)6-8-12/h5-8,10H,4,9,14H2,1-3H3. The maximum absolute atomic E-state index is 11.8. The first-order valence-electron chi connectivity index (χ1n) is 5.82. The minimum absolute atomic E-state index is 0.000625. The summed E-state index contributed by atoms with van der Waals surface area (Å²) in [5, 5.41) is 0. The number of nitrogens with zero attached hydrogens (tertiary/aromatic N) is 1. The molecule has 0 radical (unpaired) electrons. The van der Waals surface area contributed by atoms with Gasteiger partial charge in [-0.25, -0.2) is 0 Å². The zero-order chi connectivity index (χ0) is 12.8. The number of ether oxygens (including phenoxy) is 1. The number of benzene rings is 1. The van der Waals surface area contributed by atoms with Gasteiger partial charge in [-0.1, -0.05) is 0 Å². The van der Waals surface area contributed by atoms with Crippen molar-refractivity contribution in [1.29, 1.82) is 0 Å². The highest BCUT2D eigenvalue weighted by Gasteiger charge is 2.15. The molecule has 2 N–H and O–H groups in total. The zero-order valence-electron chi connectivity index (χ0n) is 10.6. The fourth-order valence-corrected chi connectivity index (χ4v) is 1.62. The average Bonchev–Trinajstić information content (AvgIpc) is 2.28. The average molecular weight is 236 g/mol. The van der Waals surface area contributed by atoms with Gasteiger partial charge in [0, 0.05) is 18.3 Å². The molecule has 1 aromatic rings. The van der Waals surface area contributed by atoms with Crippen LogP contribution in [0.15, 0.2) is 24.3 Å². The van der Waals surface area contributed by atoms with Gasteiger partial charge in [-0.15, -0.1) is 0 Å². The molecule has 4 nitrogen and oxygen atoms in total. The number of nitrogens with two attached hydrogens (primary N) is 1. The maximum Gasteiger partial charge on any atom is 0.260 e. The molecule has 0 aliphatic rings. The predicted octanol–water partition coefficient (Wildman–Crippen LogP) is 1.90. The molecule has 4 heteroatoms. The van der Waals surface area contributed by atoms with Gasteiger partial charge in [-0.2, -0.15) is 0 Å². The van der Waals surface area contributed by atoms with Gasteiger partial charge in [0.05, 0.1) is 0 Å². The molecule has 1 aromatic carbocycles. The van der Waals surface area contributed by atoms with Crippen LogP contribution in [0.25, 0.3) is 0 Å². The van der Waals surface area contributed by atoms with Crippen LogP contribution in [0.1, 0.15) is 20.8 Å². The van der Waals surface area contributed by atoms with Crippen LogP contribution in [0.4, 0.5) is 5.69 Å². The van der Waals surface area contributed by atoms with E-state index in [2.05, 4.69) is 0 Å². The third kappa shape index (κ3) is 3.98. The molecule has 1 amide bonds. The molecule has 0 fully saturated rings. The van der Waals surface area contributed by atoms with E-state index in [1.807, 2.05) is 20.8 Å². The Balaban J connectivity index is 2.50. The summed E-state index contributed by atoms with van der Waals surface area (Å²) >= 11 is 0. The smallest absolute Gasteiger partial charge is 0.260 e. The lowest BCUT2D eigenvalue weighted by atomic mass is 10.3. The van der Waals surface area contributed by atoms with Crippen LogP contribution in [0.3, 0.4) is 0 Å². The highest BCUT2D eigenvalue weighted by Crippen LogP contribution is 2.13. The van der Waals surface area contributed by atoms with Crippen LogP contribution in [-0.4, -0.2) is 30.0 Å². The highest BCUT2D eigenvalue weighted by molar-refractivity contribution is 5.78. The number of amides is 1. The van der Waals surface area contributed by atoms with E-state index in [1.54, 1.807) is 29.2 Å². The number of rotatable bonds is 5. The summed E-state index contributed by atoms with van der Waals surface area (Å²) in [6, 6.07) is 7.21. The van der Waals surface area contributed by atoms with Gasteiger partial charge < -0.3 is 15.4 Å². The van der Waals surface area contributed by atoms with E-state index in [-0.39, 0.29) is 18.6 Å². The zero-order valence-corrected chi connectivity index (χ0v) is 10.6. The normalized spacial score (nSPS) is 10.4. The lowest BCUT2D eigenvalue weighted by Gasteiger charge is -2.25. The van der Waals surface area contributed by atoms with Crippen molar-refractivity contribution in [3.05, 3.63) is 24.3 Å². The summed E-state index contributed by atoms with van der Waals surface area (Å²) in [5.74, 6) is 0.659. The summed E-state index contributed by atoms with van der Waals surface area (Å²) in [4.78, 5) is 13.6. The Morgan fingerprint density at radius 2 is 1.94 bits per heavy atom. The molecular weight excluding hydrogens is 216 g/mol. The number of carbonyl (C=O) groups excluding carboxylic acids is 1. The molecular formula is C13H20N2O2. The Morgan fingerprint density at radius 1 is 1.35 bits per heavy atom. The SMILES string of the molecule is CCN(C(=O)COc1ccc(N)cc1)C(C)C. The van der Waals surface area contributed by atoms with E-state index < -0.39 is 0 Å². The van der Waals surface area contributed by atoms with Crippen LogP contribution >= 0.6 is 0 Å². The first-order chi connectivity index (χ1) is 8.04. The molecule has 0 unspecified atom stereocenters. The molecule has 0 aliphatic carbocycles. The number of hydrogen-bond acceptors (Lipinski definition) is 3. The van der Waals surface area contributed by atoms with Crippen molar-refractivity contribution in [2.24, 2.45) is 0 Å². The van der Waals surface area contributed by atoms with E-state index in [0.29, 0.717) is 18.0 Å². The number of hydrogen-bond donors (Lipinski definition) is 1. The molecule has 0 aliphatic heterocycles. The van der Waals surface area contributed by atoms with E-state index in [9.17, 15) is 4.79 Å². The molecule has 94 valence electrons. The topological polar surface area (TPSA) is 55.6 Å². The number of nitrogen functional groups attached to an aromatic ring is 1. The Hall–Kier alpha value is -1.71. The Labute approximate surface area is 102 Å². The van der Waals surface area contributed by atoms with Gasteiger partial charge in [-0.3, -0.25) is 4.79 Å².